The highest BCUT2D eigenvalue weighted by Gasteiger charge is 2.37. The van der Waals surface area contributed by atoms with Crippen molar-refractivity contribution >= 4 is 57.7 Å². The molecule has 144 valence electrons. The number of amides is 2. The van der Waals surface area contributed by atoms with Crippen LogP contribution < -0.4 is 5.32 Å². The predicted molar refractivity (Wildman–Crippen MR) is 109 cm³/mol. The van der Waals surface area contributed by atoms with Crippen molar-refractivity contribution in [2.75, 3.05) is 12.4 Å². The average Bonchev–Trinajstić information content (AvgIpc) is 2.92. The third-order valence-electron chi connectivity index (χ3n) is 3.98. The zero-order valence-corrected chi connectivity index (χ0v) is 16.3. The Morgan fingerprint density at radius 1 is 1.18 bits per heavy atom. The second-order valence-corrected chi connectivity index (χ2v) is 7.62. The number of carboxylic acid groups (broad SMARTS) is 1. The summed E-state index contributed by atoms with van der Waals surface area (Å²) < 4.78 is 0. The fourth-order valence-electron chi connectivity index (χ4n) is 2.50. The quantitative estimate of drug-likeness (QED) is 0.773. The van der Waals surface area contributed by atoms with Crippen LogP contribution in [0.4, 0.5) is 11.4 Å². The fourth-order valence-corrected chi connectivity index (χ4v) is 3.78. The van der Waals surface area contributed by atoms with Gasteiger partial charge in [0.05, 0.1) is 11.3 Å². The number of aromatic carboxylic acids is 1. The Morgan fingerprint density at radius 2 is 1.82 bits per heavy atom. The van der Waals surface area contributed by atoms with Crippen molar-refractivity contribution in [2.24, 2.45) is 4.99 Å². The van der Waals surface area contributed by atoms with E-state index in [1.165, 1.54) is 40.9 Å². The molecule has 1 atom stereocenters. The van der Waals surface area contributed by atoms with E-state index in [2.05, 4.69) is 10.3 Å². The second-order valence-electron chi connectivity index (χ2n) is 6.01. The van der Waals surface area contributed by atoms with Gasteiger partial charge in [-0.3, -0.25) is 14.5 Å². The number of hydrogen-bond acceptors (Lipinski definition) is 5. The lowest BCUT2D eigenvalue weighted by Crippen LogP contribution is -2.30. The first-order valence-corrected chi connectivity index (χ1v) is 9.51. The van der Waals surface area contributed by atoms with E-state index < -0.39 is 11.2 Å². The molecular weight excluding hydrogens is 402 g/mol. The Hall–Kier alpha value is -2.84. The van der Waals surface area contributed by atoms with Crippen molar-refractivity contribution in [1.82, 2.24) is 4.90 Å². The largest absolute Gasteiger partial charge is 0.478 e. The summed E-state index contributed by atoms with van der Waals surface area (Å²) in [5.41, 5.74) is 1.26. The van der Waals surface area contributed by atoms with Crippen LogP contribution in [0.2, 0.25) is 5.02 Å². The van der Waals surface area contributed by atoms with Crippen molar-refractivity contribution in [1.29, 1.82) is 0 Å². The summed E-state index contributed by atoms with van der Waals surface area (Å²) in [6.45, 7) is 0. The number of hydrogen-bond donors (Lipinski definition) is 2. The van der Waals surface area contributed by atoms with Gasteiger partial charge in [-0.1, -0.05) is 23.4 Å². The van der Waals surface area contributed by atoms with Gasteiger partial charge in [-0.2, -0.15) is 0 Å². The number of carboxylic acids is 1. The topological polar surface area (TPSA) is 99.1 Å². The van der Waals surface area contributed by atoms with Crippen molar-refractivity contribution in [2.45, 2.75) is 11.7 Å². The van der Waals surface area contributed by atoms with E-state index in [0.29, 0.717) is 21.6 Å². The molecule has 28 heavy (non-hydrogen) atoms. The number of amidine groups is 1. The molecule has 0 bridgehead atoms. The van der Waals surface area contributed by atoms with E-state index in [9.17, 15) is 14.4 Å². The molecule has 9 heteroatoms. The summed E-state index contributed by atoms with van der Waals surface area (Å²) in [7, 11) is 1.62. The van der Waals surface area contributed by atoms with Gasteiger partial charge in [0.25, 0.3) is 0 Å². The van der Waals surface area contributed by atoms with Crippen LogP contribution in [0, 0.1) is 0 Å². The maximum absolute atomic E-state index is 12.4. The lowest BCUT2D eigenvalue weighted by molar-refractivity contribution is -0.127. The molecule has 2 aromatic rings. The van der Waals surface area contributed by atoms with E-state index in [0.717, 1.165) is 0 Å². The monoisotopic (exact) mass is 417 g/mol. The molecule has 3 rings (SSSR count). The van der Waals surface area contributed by atoms with Crippen LogP contribution in [0.25, 0.3) is 0 Å². The fraction of sp³-hybridized carbons (Fsp3) is 0.158. The Labute approximate surface area is 170 Å². The van der Waals surface area contributed by atoms with Gasteiger partial charge in [0.2, 0.25) is 11.8 Å². The van der Waals surface area contributed by atoms with Crippen molar-refractivity contribution in [3.05, 3.63) is 59.1 Å². The molecule has 1 aliphatic rings. The standard InChI is InChI=1S/C19H16ClN3O4S/c1-23-17(25)15(28-19(23)22-14-8-4-12(20)5-9-14)10-16(24)21-13-6-2-11(3-7-13)18(26)27/h2-9,15H,10H2,1H3,(H,21,24)(H,26,27)/t15-/m1/s1. The van der Waals surface area contributed by atoms with Gasteiger partial charge in [-0.25, -0.2) is 9.79 Å². The molecule has 7 nitrogen and oxygen atoms in total. The van der Waals surface area contributed by atoms with Gasteiger partial charge < -0.3 is 10.4 Å². The first-order valence-electron chi connectivity index (χ1n) is 8.25. The molecule has 0 aromatic heterocycles. The number of nitrogens with one attached hydrogen (secondary N) is 1. The van der Waals surface area contributed by atoms with Crippen molar-refractivity contribution in [3.8, 4) is 0 Å². The first kappa shape index (κ1) is 19.9. The summed E-state index contributed by atoms with van der Waals surface area (Å²) >= 11 is 7.09. The maximum atomic E-state index is 12.4. The number of halogens is 1. The van der Waals surface area contributed by atoms with Crippen LogP contribution in [-0.2, 0) is 9.59 Å². The minimum atomic E-state index is -1.04. The zero-order valence-electron chi connectivity index (χ0n) is 14.8. The molecule has 2 aromatic carbocycles. The maximum Gasteiger partial charge on any atom is 0.335 e. The Morgan fingerprint density at radius 3 is 2.43 bits per heavy atom. The SMILES string of the molecule is CN1C(=O)[C@@H](CC(=O)Nc2ccc(C(=O)O)cc2)SC1=Nc1ccc(Cl)cc1. The van der Waals surface area contributed by atoms with Crippen LogP contribution in [-0.4, -0.2) is 45.3 Å². The van der Waals surface area contributed by atoms with Gasteiger partial charge in [-0.15, -0.1) is 0 Å². The minimum absolute atomic E-state index is 0.0197. The summed E-state index contributed by atoms with van der Waals surface area (Å²) in [6.07, 6.45) is -0.0197. The highest BCUT2D eigenvalue weighted by Crippen LogP contribution is 2.31. The molecular formula is C19H16ClN3O4S. The number of thioether (sulfide) groups is 1. The molecule has 1 saturated heterocycles. The number of rotatable bonds is 5. The van der Waals surface area contributed by atoms with E-state index >= 15 is 0 Å². The van der Waals surface area contributed by atoms with Crippen molar-refractivity contribution < 1.29 is 19.5 Å². The summed E-state index contributed by atoms with van der Waals surface area (Å²) in [5, 5.41) is 12.1. The van der Waals surface area contributed by atoms with Crippen molar-refractivity contribution in [3.63, 3.8) is 0 Å². The van der Waals surface area contributed by atoms with Gasteiger partial charge in [0.15, 0.2) is 5.17 Å². The van der Waals surface area contributed by atoms with E-state index in [4.69, 9.17) is 16.7 Å². The summed E-state index contributed by atoms with van der Waals surface area (Å²) in [5.74, 6) is -1.58. The van der Waals surface area contributed by atoms with E-state index in [-0.39, 0.29) is 23.8 Å². The van der Waals surface area contributed by atoms with Crippen LogP contribution in [0.3, 0.4) is 0 Å². The van der Waals surface area contributed by atoms with Gasteiger partial charge in [-0.05, 0) is 48.5 Å². The molecule has 0 spiro atoms. The Bertz CT molecular complexity index is 945. The first-order chi connectivity index (χ1) is 13.3. The van der Waals surface area contributed by atoms with E-state index in [1.54, 1.807) is 31.3 Å². The van der Waals surface area contributed by atoms with Crippen LogP contribution >= 0.6 is 23.4 Å². The number of nitrogens with zero attached hydrogens (tertiary/aromatic N) is 2. The average molecular weight is 418 g/mol. The van der Waals surface area contributed by atoms with Crippen LogP contribution in [0.1, 0.15) is 16.8 Å². The number of carbonyl (C=O) groups excluding carboxylic acids is 2. The highest BCUT2D eigenvalue weighted by molar-refractivity contribution is 8.15. The molecule has 0 unspecified atom stereocenters. The second kappa shape index (κ2) is 8.45. The van der Waals surface area contributed by atoms with Crippen LogP contribution in [0.5, 0.6) is 0 Å². The Balaban J connectivity index is 1.63. The third-order valence-corrected chi connectivity index (χ3v) is 5.46. The zero-order chi connectivity index (χ0) is 20.3. The number of carbonyl (C=O) groups is 3. The Kier molecular flexibility index (Phi) is 6.01. The van der Waals surface area contributed by atoms with Gasteiger partial charge in [0.1, 0.15) is 5.25 Å². The number of anilines is 1. The van der Waals surface area contributed by atoms with Gasteiger partial charge in [0, 0.05) is 24.2 Å². The third kappa shape index (κ3) is 4.71. The lowest BCUT2D eigenvalue weighted by atomic mass is 10.2. The number of aliphatic imine (C=N–C) groups is 1. The molecule has 2 N–H and O–H groups in total. The molecule has 1 heterocycles. The van der Waals surface area contributed by atoms with E-state index in [1.807, 2.05) is 0 Å². The molecule has 1 aliphatic heterocycles. The molecule has 0 saturated carbocycles. The molecule has 2 amide bonds. The minimum Gasteiger partial charge on any atom is -0.478 e. The number of benzene rings is 2. The smallest absolute Gasteiger partial charge is 0.335 e. The molecule has 0 aliphatic carbocycles. The van der Waals surface area contributed by atoms with Gasteiger partial charge >= 0.3 is 5.97 Å². The van der Waals surface area contributed by atoms with Crippen LogP contribution in [0.15, 0.2) is 53.5 Å². The highest BCUT2D eigenvalue weighted by atomic mass is 35.5. The molecule has 0 radical (unpaired) electrons. The lowest BCUT2D eigenvalue weighted by Gasteiger charge is -2.09. The summed E-state index contributed by atoms with van der Waals surface area (Å²) in [4.78, 5) is 41.4. The predicted octanol–water partition coefficient (Wildman–Crippen LogP) is 3.63. The summed E-state index contributed by atoms with van der Waals surface area (Å²) in [6, 6.07) is 12.7. The molecule has 1 fully saturated rings. The normalized spacial score (nSPS) is 17.8.